The molecule has 0 aromatic carbocycles. The van der Waals surface area contributed by atoms with E-state index in [0.717, 1.165) is 5.56 Å². The van der Waals surface area contributed by atoms with Crippen LogP contribution in [-0.4, -0.2) is 22.0 Å². The highest BCUT2D eigenvalue weighted by Crippen LogP contribution is 2.20. The standard InChI is InChI=1S/C13H14N2O2/c1-4-17-13(16)10(3)11-7-9(2)8-15-6-5-14-12(11)15/h5-8H,3-4H2,1-2H3. The average molecular weight is 230 g/mol. The maximum atomic E-state index is 11.7. The first-order chi connectivity index (χ1) is 8.13. The van der Waals surface area contributed by atoms with E-state index in [-0.39, 0.29) is 0 Å². The van der Waals surface area contributed by atoms with Gasteiger partial charge in [-0.05, 0) is 25.5 Å². The molecule has 0 saturated heterocycles. The molecule has 4 nitrogen and oxygen atoms in total. The second-order valence-electron chi connectivity index (χ2n) is 3.79. The number of carbonyl (C=O) groups is 1. The number of aromatic nitrogens is 2. The molecule has 0 radical (unpaired) electrons. The van der Waals surface area contributed by atoms with Gasteiger partial charge in [-0.1, -0.05) is 6.58 Å². The minimum Gasteiger partial charge on any atom is -0.462 e. The Balaban J connectivity index is 2.50. The third-order valence-electron chi connectivity index (χ3n) is 2.47. The third-order valence-corrected chi connectivity index (χ3v) is 2.47. The molecule has 0 saturated carbocycles. The Morgan fingerprint density at radius 1 is 1.59 bits per heavy atom. The lowest BCUT2D eigenvalue weighted by Crippen LogP contribution is -2.07. The van der Waals surface area contributed by atoms with Crippen molar-refractivity contribution in [3.05, 3.63) is 42.4 Å². The number of hydrogen-bond acceptors (Lipinski definition) is 3. The van der Waals surface area contributed by atoms with Crippen LogP contribution in [0.15, 0.2) is 31.2 Å². The van der Waals surface area contributed by atoms with Gasteiger partial charge in [-0.15, -0.1) is 0 Å². The molecule has 0 fully saturated rings. The van der Waals surface area contributed by atoms with Crippen molar-refractivity contribution >= 4 is 17.2 Å². The van der Waals surface area contributed by atoms with Crippen molar-refractivity contribution in [1.82, 2.24) is 9.38 Å². The molecule has 0 atom stereocenters. The normalized spacial score (nSPS) is 10.5. The zero-order chi connectivity index (χ0) is 12.4. The van der Waals surface area contributed by atoms with Crippen LogP contribution in [0, 0.1) is 6.92 Å². The second-order valence-corrected chi connectivity index (χ2v) is 3.79. The van der Waals surface area contributed by atoms with E-state index in [2.05, 4.69) is 11.6 Å². The van der Waals surface area contributed by atoms with E-state index in [4.69, 9.17) is 4.74 Å². The molecule has 2 rings (SSSR count). The van der Waals surface area contributed by atoms with Crippen LogP contribution in [0.2, 0.25) is 0 Å². The molecule has 0 aliphatic rings. The largest absolute Gasteiger partial charge is 0.462 e. The fraction of sp³-hybridized carbons (Fsp3) is 0.231. The fourth-order valence-corrected chi connectivity index (χ4v) is 1.72. The van der Waals surface area contributed by atoms with E-state index >= 15 is 0 Å². The summed E-state index contributed by atoms with van der Waals surface area (Å²) in [5.41, 5.74) is 2.81. The number of nitrogens with zero attached hydrogens (tertiary/aromatic N) is 2. The summed E-state index contributed by atoms with van der Waals surface area (Å²) < 4.78 is 6.82. The van der Waals surface area contributed by atoms with Crippen molar-refractivity contribution in [2.24, 2.45) is 0 Å². The van der Waals surface area contributed by atoms with Crippen LogP contribution in [0.4, 0.5) is 0 Å². The molecule has 0 aliphatic heterocycles. The van der Waals surface area contributed by atoms with Crippen LogP contribution in [-0.2, 0) is 9.53 Å². The number of hydrogen-bond donors (Lipinski definition) is 0. The number of rotatable bonds is 3. The van der Waals surface area contributed by atoms with Crippen LogP contribution in [0.25, 0.3) is 11.2 Å². The van der Waals surface area contributed by atoms with Gasteiger partial charge in [0.15, 0.2) is 0 Å². The molecule has 0 spiro atoms. The lowest BCUT2D eigenvalue weighted by Gasteiger charge is -2.08. The third kappa shape index (κ3) is 2.06. The number of ether oxygens (including phenoxy) is 1. The van der Waals surface area contributed by atoms with Crippen molar-refractivity contribution in [2.75, 3.05) is 6.61 Å². The number of carbonyl (C=O) groups excluding carboxylic acids is 1. The summed E-state index contributed by atoms with van der Waals surface area (Å²) in [4.78, 5) is 15.9. The molecular formula is C13H14N2O2. The van der Waals surface area contributed by atoms with Gasteiger partial charge >= 0.3 is 5.97 Å². The van der Waals surface area contributed by atoms with E-state index in [9.17, 15) is 4.79 Å². The van der Waals surface area contributed by atoms with Gasteiger partial charge in [0.25, 0.3) is 0 Å². The highest BCUT2D eigenvalue weighted by Gasteiger charge is 2.15. The maximum absolute atomic E-state index is 11.7. The molecule has 88 valence electrons. The zero-order valence-electron chi connectivity index (χ0n) is 9.93. The topological polar surface area (TPSA) is 43.6 Å². The molecule has 2 aromatic heterocycles. The van der Waals surface area contributed by atoms with E-state index in [1.165, 1.54) is 0 Å². The molecule has 4 heteroatoms. The fourth-order valence-electron chi connectivity index (χ4n) is 1.72. The summed E-state index contributed by atoms with van der Waals surface area (Å²) in [5.74, 6) is -0.400. The lowest BCUT2D eigenvalue weighted by atomic mass is 10.1. The maximum Gasteiger partial charge on any atom is 0.338 e. The number of fused-ring (bicyclic) bond motifs is 1. The van der Waals surface area contributed by atoms with Gasteiger partial charge in [0, 0.05) is 24.2 Å². The molecule has 0 unspecified atom stereocenters. The Bertz CT molecular complexity index is 584. The average Bonchev–Trinajstić information content (AvgIpc) is 2.75. The van der Waals surface area contributed by atoms with Crippen molar-refractivity contribution in [3.8, 4) is 0 Å². The van der Waals surface area contributed by atoms with Crippen LogP contribution < -0.4 is 0 Å². The molecule has 0 bridgehead atoms. The van der Waals surface area contributed by atoms with Crippen molar-refractivity contribution in [1.29, 1.82) is 0 Å². The Hall–Kier alpha value is -2.10. The van der Waals surface area contributed by atoms with E-state index in [0.29, 0.717) is 23.4 Å². The summed E-state index contributed by atoms with van der Waals surface area (Å²) in [6.07, 6.45) is 5.48. The number of esters is 1. The Morgan fingerprint density at radius 3 is 3.06 bits per heavy atom. The first-order valence-electron chi connectivity index (χ1n) is 5.43. The van der Waals surface area contributed by atoms with E-state index < -0.39 is 5.97 Å². The highest BCUT2D eigenvalue weighted by molar-refractivity contribution is 6.17. The summed E-state index contributed by atoms with van der Waals surface area (Å²) in [5, 5.41) is 0. The minimum atomic E-state index is -0.400. The van der Waals surface area contributed by atoms with Gasteiger partial charge in [0.05, 0.1) is 12.2 Å². The second kappa shape index (κ2) is 4.41. The Kier molecular flexibility index (Phi) is 2.95. The molecule has 2 heterocycles. The molecule has 2 aromatic rings. The van der Waals surface area contributed by atoms with Gasteiger partial charge in [-0.3, -0.25) is 0 Å². The first kappa shape index (κ1) is 11.4. The first-order valence-corrected chi connectivity index (χ1v) is 5.43. The molecular weight excluding hydrogens is 216 g/mol. The smallest absolute Gasteiger partial charge is 0.338 e. The van der Waals surface area contributed by atoms with Crippen LogP contribution in [0.3, 0.4) is 0 Å². The van der Waals surface area contributed by atoms with Crippen molar-refractivity contribution in [3.63, 3.8) is 0 Å². The number of pyridine rings is 1. The zero-order valence-corrected chi connectivity index (χ0v) is 9.93. The Labute approximate surface area is 99.5 Å². The quantitative estimate of drug-likeness (QED) is 0.600. The van der Waals surface area contributed by atoms with Gasteiger partial charge in [0.2, 0.25) is 0 Å². The molecule has 17 heavy (non-hydrogen) atoms. The van der Waals surface area contributed by atoms with Gasteiger partial charge in [-0.25, -0.2) is 9.78 Å². The van der Waals surface area contributed by atoms with Crippen molar-refractivity contribution in [2.45, 2.75) is 13.8 Å². The van der Waals surface area contributed by atoms with Gasteiger partial charge in [-0.2, -0.15) is 0 Å². The monoisotopic (exact) mass is 230 g/mol. The summed E-state index contributed by atoms with van der Waals surface area (Å²) in [6.45, 7) is 7.86. The summed E-state index contributed by atoms with van der Waals surface area (Å²) >= 11 is 0. The molecule has 0 amide bonds. The van der Waals surface area contributed by atoms with Crippen LogP contribution in [0.5, 0.6) is 0 Å². The molecule has 0 N–H and O–H groups in total. The predicted octanol–water partition coefficient (Wildman–Crippen LogP) is 2.22. The summed E-state index contributed by atoms with van der Waals surface area (Å²) in [7, 11) is 0. The van der Waals surface area contributed by atoms with Crippen LogP contribution >= 0.6 is 0 Å². The van der Waals surface area contributed by atoms with Crippen LogP contribution in [0.1, 0.15) is 18.1 Å². The minimum absolute atomic E-state index is 0.340. The van der Waals surface area contributed by atoms with Gasteiger partial charge in [0.1, 0.15) is 5.65 Å². The number of imidazole rings is 1. The summed E-state index contributed by atoms with van der Waals surface area (Å²) in [6, 6.07) is 1.89. The van der Waals surface area contributed by atoms with Gasteiger partial charge < -0.3 is 9.14 Å². The lowest BCUT2D eigenvalue weighted by molar-refractivity contribution is -0.136. The SMILES string of the molecule is C=C(C(=O)OCC)c1cc(C)cn2ccnc12. The predicted molar refractivity (Wildman–Crippen MR) is 65.6 cm³/mol. The highest BCUT2D eigenvalue weighted by atomic mass is 16.5. The number of aryl methyl sites for hydroxylation is 1. The molecule has 0 aliphatic carbocycles. The van der Waals surface area contributed by atoms with Crippen molar-refractivity contribution < 1.29 is 9.53 Å². The van der Waals surface area contributed by atoms with E-state index in [1.807, 2.05) is 29.8 Å². The Morgan fingerprint density at radius 2 is 2.35 bits per heavy atom. The van der Waals surface area contributed by atoms with E-state index in [1.54, 1.807) is 13.1 Å².